The molecule has 0 fully saturated rings. The van der Waals surface area contributed by atoms with Crippen molar-refractivity contribution in [3.05, 3.63) is 89.1 Å². The van der Waals surface area contributed by atoms with Crippen LogP contribution in [0.1, 0.15) is 44.4 Å². The molecule has 0 atom stereocenters. The normalized spacial score (nSPS) is 13.2. The van der Waals surface area contributed by atoms with Crippen LogP contribution in [0.5, 0.6) is 0 Å². The minimum atomic E-state index is 0.157. The zero-order valence-corrected chi connectivity index (χ0v) is 14.6. The Kier molecular flexibility index (Phi) is 5.44. The van der Waals surface area contributed by atoms with Crippen LogP contribution in [0, 0.1) is 0 Å². The highest BCUT2D eigenvalue weighted by atomic mass is 14.5. The predicted molar refractivity (Wildman–Crippen MR) is 101 cm³/mol. The summed E-state index contributed by atoms with van der Waals surface area (Å²) in [5, 5.41) is 0. The first kappa shape index (κ1) is 17.1. The molecule has 0 saturated carbocycles. The van der Waals surface area contributed by atoms with E-state index in [9.17, 15) is 0 Å². The molecule has 0 aliphatic heterocycles. The molecule has 1 nitrogen and oxygen atoms in total. The Bertz CT molecular complexity index is 700. The Hall–Kier alpha value is -2.28. The van der Waals surface area contributed by atoms with Gasteiger partial charge >= 0.3 is 0 Å². The molecule has 0 amide bonds. The van der Waals surface area contributed by atoms with Crippen LogP contribution in [0.15, 0.2) is 72.4 Å². The predicted octanol–water partition coefficient (Wildman–Crippen LogP) is 5.47. The van der Waals surface area contributed by atoms with Gasteiger partial charge in [0.2, 0.25) is 0 Å². The highest BCUT2D eigenvalue weighted by Gasteiger charge is 2.16. The summed E-state index contributed by atoms with van der Waals surface area (Å²) in [5.74, 6) is 0. The fraction of sp³-hybridized carbons (Fsp3) is 0.273. The molecule has 2 N–H and O–H groups in total. The third-order valence-electron chi connectivity index (χ3n) is 4.13. The minimum absolute atomic E-state index is 0.157. The van der Waals surface area contributed by atoms with E-state index in [-0.39, 0.29) is 5.41 Å². The van der Waals surface area contributed by atoms with Gasteiger partial charge in [-0.15, -0.1) is 0 Å². The fourth-order valence-electron chi connectivity index (χ4n) is 2.88. The first-order chi connectivity index (χ1) is 10.9. The van der Waals surface area contributed by atoms with E-state index in [1.807, 2.05) is 18.2 Å². The Morgan fingerprint density at radius 2 is 1.57 bits per heavy atom. The van der Waals surface area contributed by atoms with Gasteiger partial charge in [-0.25, -0.2) is 0 Å². The van der Waals surface area contributed by atoms with Crippen LogP contribution in [0.4, 0.5) is 0 Å². The molecule has 0 aromatic heterocycles. The highest BCUT2D eigenvalue weighted by Crippen LogP contribution is 2.27. The number of hydrogen-bond acceptors (Lipinski definition) is 1. The van der Waals surface area contributed by atoms with Gasteiger partial charge in [0.15, 0.2) is 0 Å². The van der Waals surface area contributed by atoms with Crippen molar-refractivity contribution in [3.63, 3.8) is 0 Å². The molecule has 0 spiro atoms. The Balaban J connectivity index is 2.27. The first-order valence-corrected chi connectivity index (χ1v) is 8.16. The molecule has 0 heterocycles. The van der Waals surface area contributed by atoms with Gasteiger partial charge < -0.3 is 5.73 Å². The third-order valence-corrected chi connectivity index (χ3v) is 4.13. The molecule has 0 radical (unpaired) electrons. The molecule has 2 rings (SSSR count). The molecule has 0 aliphatic carbocycles. The van der Waals surface area contributed by atoms with E-state index in [2.05, 4.69) is 70.2 Å². The van der Waals surface area contributed by atoms with E-state index < -0.39 is 0 Å². The monoisotopic (exact) mass is 305 g/mol. The second-order valence-electron chi connectivity index (χ2n) is 6.94. The summed E-state index contributed by atoms with van der Waals surface area (Å²) >= 11 is 0. The van der Waals surface area contributed by atoms with Crippen molar-refractivity contribution in [1.29, 1.82) is 0 Å². The Labute approximate surface area is 140 Å². The first-order valence-electron chi connectivity index (χ1n) is 8.16. The SMILES string of the molecule is CC(=C/Cc1ccccc1C(C)(C)C)/C(=C\N)c1ccccc1. The average molecular weight is 305 g/mol. The maximum Gasteiger partial charge on any atom is 0.00201 e. The third kappa shape index (κ3) is 4.35. The van der Waals surface area contributed by atoms with Crippen LogP contribution in [0.3, 0.4) is 0 Å². The molecule has 0 saturated heterocycles. The lowest BCUT2D eigenvalue weighted by Gasteiger charge is -2.22. The van der Waals surface area contributed by atoms with Crippen molar-refractivity contribution < 1.29 is 0 Å². The van der Waals surface area contributed by atoms with Crippen molar-refractivity contribution in [2.75, 3.05) is 0 Å². The van der Waals surface area contributed by atoms with Gasteiger partial charge in [0.05, 0.1) is 0 Å². The van der Waals surface area contributed by atoms with Crippen molar-refractivity contribution in [3.8, 4) is 0 Å². The fourth-order valence-corrected chi connectivity index (χ4v) is 2.88. The smallest absolute Gasteiger partial charge is 0.00201 e. The lowest BCUT2D eigenvalue weighted by Crippen LogP contribution is -2.13. The van der Waals surface area contributed by atoms with Crippen molar-refractivity contribution in [1.82, 2.24) is 0 Å². The van der Waals surface area contributed by atoms with Crippen LogP contribution < -0.4 is 5.73 Å². The van der Waals surface area contributed by atoms with E-state index in [1.54, 1.807) is 6.20 Å². The maximum atomic E-state index is 5.87. The second-order valence-corrected chi connectivity index (χ2v) is 6.94. The lowest BCUT2D eigenvalue weighted by atomic mass is 9.82. The summed E-state index contributed by atoms with van der Waals surface area (Å²) in [6.07, 6.45) is 4.90. The van der Waals surface area contributed by atoms with Crippen LogP contribution in [0.25, 0.3) is 5.57 Å². The molecule has 1 heteroatoms. The topological polar surface area (TPSA) is 26.0 Å². The summed E-state index contributed by atoms with van der Waals surface area (Å²) in [4.78, 5) is 0. The summed E-state index contributed by atoms with van der Waals surface area (Å²) in [5.41, 5.74) is 12.3. The van der Waals surface area contributed by atoms with Gasteiger partial charge in [-0.3, -0.25) is 0 Å². The number of hydrogen-bond donors (Lipinski definition) is 1. The lowest BCUT2D eigenvalue weighted by molar-refractivity contribution is 0.584. The van der Waals surface area contributed by atoms with Crippen LogP contribution in [-0.4, -0.2) is 0 Å². The standard InChI is InChI=1S/C22H27N/c1-17(20(16-23)18-10-6-5-7-11-18)14-15-19-12-8-9-13-21(19)22(2,3)4/h5-14,16H,15,23H2,1-4H3/b17-14-,20-16+. The number of benzene rings is 2. The van der Waals surface area contributed by atoms with E-state index in [4.69, 9.17) is 5.73 Å². The van der Waals surface area contributed by atoms with E-state index >= 15 is 0 Å². The molecule has 2 aromatic rings. The van der Waals surface area contributed by atoms with Gasteiger partial charge in [-0.1, -0.05) is 81.4 Å². The van der Waals surface area contributed by atoms with E-state index in [0.717, 1.165) is 17.6 Å². The number of nitrogens with two attached hydrogens (primary N) is 1. The van der Waals surface area contributed by atoms with Crippen LogP contribution in [-0.2, 0) is 11.8 Å². The van der Waals surface area contributed by atoms with E-state index in [1.165, 1.54) is 16.7 Å². The molecule has 0 bridgehead atoms. The molecular formula is C22H27N. The van der Waals surface area contributed by atoms with E-state index in [0.29, 0.717) is 0 Å². The second kappa shape index (κ2) is 7.32. The van der Waals surface area contributed by atoms with Crippen molar-refractivity contribution in [2.45, 2.75) is 39.5 Å². The summed E-state index contributed by atoms with van der Waals surface area (Å²) in [7, 11) is 0. The highest BCUT2D eigenvalue weighted by molar-refractivity contribution is 5.78. The van der Waals surface area contributed by atoms with Gasteiger partial charge in [0.25, 0.3) is 0 Å². The summed E-state index contributed by atoms with van der Waals surface area (Å²) < 4.78 is 0. The Morgan fingerprint density at radius 1 is 0.957 bits per heavy atom. The van der Waals surface area contributed by atoms with Gasteiger partial charge in [0, 0.05) is 6.20 Å². The molecule has 0 unspecified atom stereocenters. The summed E-state index contributed by atoms with van der Waals surface area (Å²) in [6.45, 7) is 8.91. The minimum Gasteiger partial charge on any atom is -0.404 e. The van der Waals surface area contributed by atoms with Gasteiger partial charge in [-0.2, -0.15) is 0 Å². The zero-order chi connectivity index (χ0) is 16.9. The zero-order valence-electron chi connectivity index (χ0n) is 14.6. The van der Waals surface area contributed by atoms with Gasteiger partial charge in [0.1, 0.15) is 0 Å². The quantitative estimate of drug-likeness (QED) is 0.744. The van der Waals surface area contributed by atoms with Crippen molar-refractivity contribution >= 4 is 5.57 Å². The average Bonchev–Trinajstić information content (AvgIpc) is 2.54. The summed E-state index contributed by atoms with van der Waals surface area (Å²) in [6, 6.07) is 19.0. The number of allylic oxidation sites excluding steroid dienone is 3. The molecular weight excluding hydrogens is 278 g/mol. The van der Waals surface area contributed by atoms with Crippen LogP contribution >= 0.6 is 0 Å². The number of rotatable bonds is 4. The molecule has 23 heavy (non-hydrogen) atoms. The van der Waals surface area contributed by atoms with Crippen molar-refractivity contribution in [2.24, 2.45) is 5.73 Å². The van der Waals surface area contributed by atoms with Crippen LogP contribution in [0.2, 0.25) is 0 Å². The molecule has 0 aliphatic rings. The molecule has 2 aromatic carbocycles. The largest absolute Gasteiger partial charge is 0.404 e. The van der Waals surface area contributed by atoms with Gasteiger partial charge in [-0.05, 0) is 46.6 Å². The Morgan fingerprint density at radius 3 is 2.17 bits per heavy atom. The maximum absolute atomic E-state index is 5.87. The molecule has 120 valence electrons.